The fourth-order valence-corrected chi connectivity index (χ4v) is 3.85. The van der Waals surface area contributed by atoms with Crippen molar-refractivity contribution in [2.75, 3.05) is 17.3 Å². The van der Waals surface area contributed by atoms with Gasteiger partial charge in [-0.15, -0.1) is 0 Å². The van der Waals surface area contributed by atoms with Gasteiger partial charge in [-0.05, 0) is 93.6 Å². The van der Waals surface area contributed by atoms with Gasteiger partial charge in [0.15, 0.2) is 0 Å². The van der Waals surface area contributed by atoms with Crippen LogP contribution in [0.5, 0.6) is 0 Å². The van der Waals surface area contributed by atoms with Crippen LogP contribution in [0.15, 0.2) is 42.0 Å². The fraction of sp³-hybridized carbons (Fsp3) is 0.308. The molecule has 0 saturated heterocycles. The molecule has 2 aromatic carbocycles. The average Bonchev–Trinajstić information content (AvgIpc) is 2.68. The molecule has 4 heteroatoms. The van der Waals surface area contributed by atoms with Crippen molar-refractivity contribution in [3.8, 4) is 6.07 Å². The first-order valence-electron chi connectivity index (χ1n) is 10.1. The number of hydrogen-bond donors (Lipinski definition) is 1. The van der Waals surface area contributed by atoms with Crippen molar-refractivity contribution < 1.29 is 4.79 Å². The molecular weight excluding hydrogens is 370 g/mol. The number of anilines is 2. The monoisotopic (exact) mass is 399 g/mol. The van der Waals surface area contributed by atoms with Gasteiger partial charge >= 0.3 is 0 Å². The first-order valence-corrected chi connectivity index (χ1v) is 10.1. The molecule has 1 aliphatic rings. The van der Waals surface area contributed by atoms with E-state index < -0.39 is 5.91 Å². The Balaban J connectivity index is 1.99. The van der Waals surface area contributed by atoms with Crippen LogP contribution >= 0.6 is 0 Å². The Morgan fingerprint density at radius 1 is 1.13 bits per heavy atom. The molecule has 0 bridgehead atoms. The highest BCUT2D eigenvalue weighted by Crippen LogP contribution is 2.39. The smallest absolute Gasteiger partial charge is 0.266 e. The minimum Gasteiger partial charge on any atom is -0.365 e. The summed E-state index contributed by atoms with van der Waals surface area (Å²) in [5.41, 5.74) is 8.23. The van der Waals surface area contributed by atoms with Crippen LogP contribution in [0.2, 0.25) is 0 Å². The molecule has 1 heterocycles. The van der Waals surface area contributed by atoms with Crippen LogP contribution in [-0.4, -0.2) is 18.5 Å². The zero-order chi connectivity index (χ0) is 22.2. The van der Waals surface area contributed by atoms with Crippen LogP contribution in [0.3, 0.4) is 0 Å². The molecule has 0 unspecified atom stereocenters. The third kappa shape index (κ3) is 3.89. The topological polar surface area (TPSA) is 56.1 Å². The quantitative estimate of drug-likeness (QED) is 0.525. The summed E-state index contributed by atoms with van der Waals surface area (Å²) in [4.78, 5) is 15.0. The molecule has 2 aromatic rings. The summed E-state index contributed by atoms with van der Waals surface area (Å²) in [5, 5.41) is 12.5. The van der Waals surface area contributed by atoms with E-state index in [-0.39, 0.29) is 11.1 Å². The van der Waals surface area contributed by atoms with Crippen LogP contribution in [0.25, 0.3) is 11.6 Å². The van der Waals surface area contributed by atoms with Gasteiger partial charge < -0.3 is 10.2 Å². The van der Waals surface area contributed by atoms with Crippen LogP contribution in [0, 0.1) is 32.1 Å². The van der Waals surface area contributed by atoms with Gasteiger partial charge in [-0.1, -0.05) is 18.2 Å². The first-order chi connectivity index (χ1) is 14.0. The molecule has 154 valence electrons. The Morgan fingerprint density at radius 2 is 1.83 bits per heavy atom. The predicted molar refractivity (Wildman–Crippen MR) is 125 cm³/mol. The molecule has 0 aliphatic carbocycles. The van der Waals surface area contributed by atoms with Gasteiger partial charge in [0.2, 0.25) is 0 Å². The normalized spacial score (nSPS) is 15.2. The SMILES string of the molecule is CC1=CC(C)(C)N(C)c2cc(C)c(/C=C(/C#N)C(=O)Nc3cccc(C)c3C)cc21. The molecule has 1 amide bonds. The Hall–Kier alpha value is -3.32. The standard InChI is InChI=1S/C26H29N3O/c1-16-9-8-10-23(19(16)4)28-25(30)21(15-27)12-20-13-22-18(3)14-26(5,6)29(7)24(22)11-17(20)2/h8-14H,1-7H3,(H,28,30)/b21-12-. The molecular formula is C26H29N3O. The number of benzene rings is 2. The van der Waals surface area contributed by atoms with E-state index in [9.17, 15) is 10.1 Å². The first kappa shape index (κ1) is 21.4. The van der Waals surface area contributed by atoms with Crippen molar-refractivity contribution in [3.63, 3.8) is 0 Å². The maximum Gasteiger partial charge on any atom is 0.266 e. The van der Waals surface area contributed by atoms with E-state index in [1.807, 2.05) is 39.0 Å². The molecule has 1 aliphatic heterocycles. The number of allylic oxidation sites excluding steroid dienone is 1. The van der Waals surface area contributed by atoms with E-state index in [0.717, 1.165) is 39.2 Å². The second-order valence-electron chi connectivity index (χ2n) is 8.64. The summed E-state index contributed by atoms with van der Waals surface area (Å²) in [6.45, 7) is 12.5. The number of aryl methyl sites for hydroxylation is 2. The van der Waals surface area contributed by atoms with Gasteiger partial charge in [0.1, 0.15) is 11.6 Å². The number of hydrogen-bond acceptors (Lipinski definition) is 3. The molecule has 0 aromatic heterocycles. The minimum atomic E-state index is -0.395. The number of nitrogens with one attached hydrogen (secondary N) is 1. The maximum atomic E-state index is 12.8. The van der Waals surface area contributed by atoms with Crippen molar-refractivity contribution in [3.05, 3.63) is 69.8 Å². The molecule has 3 rings (SSSR count). The molecule has 0 fully saturated rings. The minimum absolute atomic E-state index is 0.0652. The summed E-state index contributed by atoms with van der Waals surface area (Å²) >= 11 is 0. The van der Waals surface area contributed by atoms with Gasteiger partial charge in [0.05, 0.1) is 5.54 Å². The number of nitriles is 1. The molecule has 4 nitrogen and oxygen atoms in total. The molecule has 0 saturated carbocycles. The van der Waals surface area contributed by atoms with E-state index in [1.165, 1.54) is 5.57 Å². The highest BCUT2D eigenvalue weighted by Gasteiger charge is 2.29. The highest BCUT2D eigenvalue weighted by atomic mass is 16.1. The lowest BCUT2D eigenvalue weighted by atomic mass is 9.87. The molecule has 30 heavy (non-hydrogen) atoms. The number of nitrogens with zero attached hydrogens (tertiary/aromatic N) is 2. The van der Waals surface area contributed by atoms with Crippen LogP contribution in [-0.2, 0) is 4.79 Å². The number of carbonyl (C=O) groups excluding carboxylic acids is 1. The van der Waals surface area contributed by atoms with Crippen molar-refractivity contribution in [2.45, 2.75) is 47.1 Å². The summed E-state index contributed by atoms with van der Waals surface area (Å²) in [6.07, 6.45) is 3.93. The molecule has 1 N–H and O–H groups in total. The van der Waals surface area contributed by atoms with Gasteiger partial charge in [-0.2, -0.15) is 5.26 Å². The van der Waals surface area contributed by atoms with Crippen molar-refractivity contribution in [1.82, 2.24) is 0 Å². The van der Waals surface area contributed by atoms with Crippen molar-refractivity contribution in [2.24, 2.45) is 0 Å². The number of likely N-dealkylation sites (N-methyl/N-ethyl adjacent to an activating group) is 1. The summed E-state index contributed by atoms with van der Waals surface area (Å²) in [5.74, 6) is -0.395. The summed E-state index contributed by atoms with van der Waals surface area (Å²) in [6, 6.07) is 12.0. The Bertz CT molecular complexity index is 1130. The third-order valence-electron chi connectivity index (χ3n) is 6.12. The fourth-order valence-electron chi connectivity index (χ4n) is 3.85. The Morgan fingerprint density at radius 3 is 2.50 bits per heavy atom. The predicted octanol–water partition coefficient (Wildman–Crippen LogP) is 5.79. The largest absolute Gasteiger partial charge is 0.365 e. The van der Waals surface area contributed by atoms with E-state index in [1.54, 1.807) is 6.08 Å². The summed E-state index contributed by atoms with van der Waals surface area (Å²) < 4.78 is 0. The van der Waals surface area contributed by atoms with Crippen molar-refractivity contribution in [1.29, 1.82) is 5.26 Å². The van der Waals surface area contributed by atoms with Gasteiger partial charge in [0, 0.05) is 24.0 Å². The van der Waals surface area contributed by atoms with Crippen LogP contribution in [0.4, 0.5) is 11.4 Å². The Labute approximate surface area is 179 Å². The van der Waals surface area contributed by atoms with Gasteiger partial charge in [-0.25, -0.2) is 0 Å². The zero-order valence-corrected chi connectivity index (χ0v) is 18.8. The Kier molecular flexibility index (Phi) is 5.59. The van der Waals surface area contributed by atoms with E-state index >= 15 is 0 Å². The lowest BCUT2D eigenvalue weighted by Crippen LogP contribution is -2.42. The van der Waals surface area contributed by atoms with E-state index in [4.69, 9.17) is 0 Å². The lowest BCUT2D eigenvalue weighted by molar-refractivity contribution is -0.112. The van der Waals surface area contributed by atoms with E-state index in [2.05, 4.69) is 62.3 Å². The van der Waals surface area contributed by atoms with Gasteiger partial charge in [0.25, 0.3) is 5.91 Å². The molecule has 0 atom stereocenters. The number of fused-ring (bicyclic) bond motifs is 1. The summed E-state index contributed by atoms with van der Waals surface area (Å²) in [7, 11) is 2.09. The third-order valence-corrected chi connectivity index (χ3v) is 6.12. The van der Waals surface area contributed by atoms with Crippen LogP contribution < -0.4 is 10.2 Å². The number of amides is 1. The van der Waals surface area contributed by atoms with Crippen LogP contribution in [0.1, 0.15) is 48.6 Å². The zero-order valence-electron chi connectivity index (χ0n) is 18.8. The average molecular weight is 400 g/mol. The second kappa shape index (κ2) is 7.84. The lowest BCUT2D eigenvalue weighted by Gasteiger charge is -2.41. The highest BCUT2D eigenvalue weighted by molar-refractivity contribution is 6.10. The molecule has 0 spiro atoms. The van der Waals surface area contributed by atoms with E-state index in [0.29, 0.717) is 0 Å². The van der Waals surface area contributed by atoms with Gasteiger partial charge in [-0.3, -0.25) is 4.79 Å². The maximum absolute atomic E-state index is 12.8. The van der Waals surface area contributed by atoms with Crippen molar-refractivity contribution >= 4 is 28.9 Å². The molecule has 0 radical (unpaired) electrons. The number of carbonyl (C=O) groups is 1. The number of rotatable bonds is 3. The second-order valence-corrected chi connectivity index (χ2v) is 8.64.